The third-order valence-electron chi connectivity index (χ3n) is 2.25. The van der Waals surface area contributed by atoms with Crippen LogP contribution in [0.5, 0.6) is 5.75 Å². The molecule has 0 aliphatic rings. The fourth-order valence-corrected chi connectivity index (χ4v) is 1.38. The van der Waals surface area contributed by atoms with Crippen LogP contribution in [0.3, 0.4) is 0 Å². The van der Waals surface area contributed by atoms with Crippen molar-refractivity contribution in [3.8, 4) is 5.75 Å². The van der Waals surface area contributed by atoms with Gasteiger partial charge in [-0.3, -0.25) is 14.9 Å². The Bertz CT molecular complexity index is 630. The first-order chi connectivity index (χ1) is 9.08. The number of nitro benzene ring substituents is 1. The Morgan fingerprint density at radius 2 is 2.16 bits per heavy atom. The van der Waals surface area contributed by atoms with Crippen LogP contribution in [0.2, 0.25) is 0 Å². The summed E-state index contributed by atoms with van der Waals surface area (Å²) in [5, 5.41) is 29.6. The van der Waals surface area contributed by atoms with Gasteiger partial charge in [0, 0.05) is 17.8 Å². The van der Waals surface area contributed by atoms with E-state index in [1.54, 1.807) is 6.07 Å². The zero-order chi connectivity index (χ0) is 13.8. The Kier molecular flexibility index (Phi) is 3.33. The summed E-state index contributed by atoms with van der Waals surface area (Å²) in [4.78, 5) is 21.6. The number of phenols is 1. The highest BCUT2D eigenvalue weighted by atomic mass is 16.6. The van der Waals surface area contributed by atoms with Crippen molar-refractivity contribution in [2.45, 2.75) is 0 Å². The predicted molar refractivity (Wildman–Crippen MR) is 64.7 cm³/mol. The molecule has 0 aliphatic carbocycles. The van der Waals surface area contributed by atoms with Gasteiger partial charge in [-0.1, -0.05) is 0 Å². The fraction of sp³-hybridized carbons (Fsp3) is 0. The number of phenolic OH excluding ortho intramolecular Hbond substituents is 1. The van der Waals surface area contributed by atoms with Gasteiger partial charge in [-0.2, -0.15) is 5.10 Å². The maximum Gasteiger partial charge on any atom is 0.310 e. The number of carbonyl (C=O) groups is 1. The lowest BCUT2D eigenvalue weighted by molar-refractivity contribution is -0.385. The molecule has 1 aromatic heterocycles. The summed E-state index contributed by atoms with van der Waals surface area (Å²) in [5.74, 6) is -0.882. The minimum atomic E-state index is -0.736. The Hall–Kier alpha value is -3.03. The van der Waals surface area contributed by atoms with E-state index in [9.17, 15) is 20.0 Å². The lowest BCUT2D eigenvalue weighted by atomic mass is 10.2. The van der Waals surface area contributed by atoms with Crippen molar-refractivity contribution in [3.05, 3.63) is 52.2 Å². The van der Waals surface area contributed by atoms with Crippen molar-refractivity contribution in [3.63, 3.8) is 0 Å². The van der Waals surface area contributed by atoms with Crippen molar-refractivity contribution >= 4 is 17.4 Å². The molecule has 1 aromatic carbocycles. The molecule has 8 nitrogen and oxygen atoms in total. The highest BCUT2D eigenvalue weighted by molar-refractivity contribution is 6.04. The average Bonchev–Trinajstić information content (AvgIpc) is 2.39. The second kappa shape index (κ2) is 5.08. The molecule has 0 bridgehead atoms. The first kappa shape index (κ1) is 12.4. The van der Waals surface area contributed by atoms with E-state index in [1.165, 1.54) is 18.3 Å². The van der Waals surface area contributed by atoms with E-state index in [2.05, 4.69) is 15.5 Å². The van der Waals surface area contributed by atoms with Crippen LogP contribution >= 0.6 is 0 Å². The lowest BCUT2D eigenvalue weighted by Crippen LogP contribution is -2.13. The van der Waals surface area contributed by atoms with Gasteiger partial charge in [-0.25, -0.2) is 0 Å². The van der Waals surface area contributed by atoms with Crippen LogP contribution in [0.15, 0.2) is 36.5 Å². The summed E-state index contributed by atoms with van der Waals surface area (Å²) in [5.41, 5.74) is -0.384. The summed E-state index contributed by atoms with van der Waals surface area (Å²) in [6, 6.07) is 6.44. The number of nitrogens with zero attached hydrogens (tertiary/aromatic N) is 3. The van der Waals surface area contributed by atoms with Gasteiger partial charge < -0.3 is 10.4 Å². The molecular formula is C11H8N4O4. The molecule has 96 valence electrons. The molecule has 1 amide bonds. The number of amides is 1. The molecule has 0 fully saturated rings. The van der Waals surface area contributed by atoms with Crippen LogP contribution in [0.4, 0.5) is 11.5 Å². The molecular weight excluding hydrogens is 252 g/mol. The number of carbonyl (C=O) groups excluding carboxylic acids is 1. The van der Waals surface area contributed by atoms with Crippen molar-refractivity contribution in [1.82, 2.24) is 10.2 Å². The molecule has 0 radical (unpaired) electrons. The van der Waals surface area contributed by atoms with E-state index >= 15 is 0 Å². The van der Waals surface area contributed by atoms with E-state index in [0.29, 0.717) is 0 Å². The number of benzene rings is 1. The summed E-state index contributed by atoms with van der Waals surface area (Å²) >= 11 is 0. The number of hydrogen-bond acceptors (Lipinski definition) is 6. The maximum absolute atomic E-state index is 11.8. The van der Waals surface area contributed by atoms with Gasteiger partial charge >= 0.3 is 5.69 Å². The van der Waals surface area contributed by atoms with Crippen molar-refractivity contribution < 1.29 is 14.8 Å². The molecule has 2 rings (SSSR count). The van der Waals surface area contributed by atoms with Crippen molar-refractivity contribution in [1.29, 1.82) is 0 Å². The number of aromatic hydroxyl groups is 1. The number of anilines is 1. The molecule has 0 spiro atoms. The number of nitro groups is 1. The Labute approximate surface area is 106 Å². The summed E-state index contributed by atoms with van der Waals surface area (Å²) in [6.07, 6.45) is 1.45. The van der Waals surface area contributed by atoms with Gasteiger partial charge in [0.2, 0.25) is 0 Å². The van der Waals surface area contributed by atoms with Crippen LogP contribution in [-0.2, 0) is 0 Å². The smallest absolute Gasteiger partial charge is 0.310 e. The number of nitrogens with one attached hydrogen (secondary N) is 1. The maximum atomic E-state index is 11.8. The van der Waals surface area contributed by atoms with Crippen molar-refractivity contribution in [2.75, 3.05) is 5.32 Å². The Morgan fingerprint density at radius 3 is 2.74 bits per heavy atom. The van der Waals surface area contributed by atoms with Gasteiger partial charge in [0.05, 0.1) is 4.92 Å². The molecule has 0 saturated heterocycles. The number of rotatable bonds is 3. The summed E-state index contributed by atoms with van der Waals surface area (Å²) in [6.45, 7) is 0. The molecule has 0 unspecified atom stereocenters. The van der Waals surface area contributed by atoms with Crippen LogP contribution in [0.25, 0.3) is 0 Å². The minimum absolute atomic E-state index is 0.0775. The first-order valence-corrected chi connectivity index (χ1v) is 5.14. The van der Waals surface area contributed by atoms with Gasteiger partial charge in [0.1, 0.15) is 0 Å². The van der Waals surface area contributed by atoms with Gasteiger partial charge in [0.15, 0.2) is 11.6 Å². The number of hydrogen-bond donors (Lipinski definition) is 2. The quantitative estimate of drug-likeness (QED) is 0.635. The Balaban J connectivity index is 2.21. The Morgan fingerprint density at radius 1 is 1.37 bits per heavy atom. The SMILES string of the molecule is O=C(Nc1cccnn1)c1ccc([N+](=O)[O-])c(O)c1. The molecule has 2 aromatic rings. The molecule has 2 N–H and O–H groups in total. The third-order valence-corrected chi connectivity index (χ3v) is 2.25. The van der Waals surface area contributed by atoms with Crippen LogP contribution in [0, 0.1) is 10.1 Å². The van der Waals surface area contributed by atoms with Gasteiger partial charge in [0.25, 0.3) is 5.91 Å². The second-order valence-corrected chi connectivity index (χ2v) is 3.52. The normalized spacial score (nSPS) is 9.89. The molecule has 8 heteroatoms. The van der Waals surface area contributed by atoms with Crippen molar-refractivity contribution in [2.24, 2.45) is 0 Å². The topological polar surface area (TPSA) is 118 Å². The summed E-state index contributed by atoms with van der Waals surface area (Å²) in [7, 11) is 0. The fourth-order valence-electron chi connectivity index (χ4n) is 1.38. The van der Waals surface area contributed by atoms with E-state index in [4.69, 9.17) is 0 Å². The number of aromatic nitrogens is 2. The third kappa shape index (κ3) is 2.80. The zero-order valence-corrected chi connectivity index (χ0v) is 9.48. The monoisotopic (exact) mass is 260 g/mol. The molecule has 19 heavy (non-hydrogen) atoms. The predicted octanol–water partition coefficient (Wildman–Crippen LogP) is 1.34. The first-order valence-electron chi connectivity index (χ1n) is 5.14. The van der Waals surface area contributed by atoms with Gasteiger partial charge in [-0.05, 0) is 24.3 Å². The minimum Gasteiger partial charge on any atom is -0.502 e. The largest absolute Gasteiger partial charge is 0.502 e. The highest BCUT2D eigenvalue weighted by Crippen LogP contribution is 2.26. The van der Waals surface area contributed by atoms with E-state index in [1.807, 2.05) is 0 Å². The molecule has 0 atom stereocenters. The molecule has 0 saturated carbocycles. The average molecular weight is 260 g/mol. The highest BCUT2D eigenvalue weighted by Gasteiger charge is 2.16. The standard InChI is InChI=1S/C11H8N4O4/c16-9-6-7(3-4-8(9)15(18)19)11(17)13-10-2-1-5-12-14-10/h1-6,16H,(H,13,14,17). The van der Waals surface area contributed by atoms with Crippen LogP contribution < -0.4 is 5.32 Å². The van der Waals surface area contributed by atoms with Crippen LogP contribution in [0.1, 0.15) is 10.4 Å². The zero-order valence-electron chi connectivity index (χ0n) is 9.48. The van der Waals surface area contributed by atoms with Gasteiger partial charge in [-0.15, -0.1) is 5.10 Å². The second-order valence-electron chi connectivity index (χ2n) is 3.52. The van der Waals surface area contributed by atoms with E-state index in [0.717, 1.165) is 12.1 Å². The lowest BCUT2D eigenvalue weighted by Gasteiger charge is -2.04. The van der Waals surface area contributed by atoms with E-state index < -0.39 is 22.3 Å². The summed E-state index contributed by atoms with van der Waals surface area (Å²) < 4.78 is 0. The molecule has 0 aliphatic heterocycles. The van der Waals surface area contributed by atoms with E-state index in [-0.39, 0.29) is 11.4 Å². The van der Waals surface area contributed by atoms with Crippen LogP contribution in [-0.4, -0.2) is 26.1 Å². The molecule has 1 heterocycles.